The van der Waals surface area contributed by atoms with E-state index in [0.29, 0.717) is 15.7 Å². The third-order valence-corrected chi connectivity index (χ3v) is 4.35. The number of halogens is 1. The Bertz CT molecular complexity index is 971. The Morgan fingerprint density at radius 3 is 2.78 bits per heavy atom. The molecule has 0 unspecified atom stereocenters. The molecule has 0 bridgehead atoms. The van der Waals surface area contributed by atoms with Crippen molar-refractivity contribution in [3.8, 4) is 5.75 Å². The Morgan fingerprint density at radius 1 is 1.26 bits per heavy atom. The standard InChI is InChI=1S/C19H16BrN3O4/c1-11-3-2-4-14(7-11)21-17(25)10-23-18(26)15(22-19(23)27)9-12-8-13(20)5-6-16(12)24/h2-9,24H,10H2,1H3,(H,21,25)(H,22,27)/b15-9+. The second-order valence-corrected chi connectivity index (χ2v) is 6.92. The lowest BCUT2D eigenvalue weighted by Crippen LogP contribution is -2.38. The van der Waals surface area contributed by atoms with Gasteiger partial charge in [-0.3, -0.25) is 9.59 Å². The van der Waals surface area contributed by atoms with E-state index in [1.165, 1.54) is 12.1 Å². The highest BCUT2D eigenvalue weighted by Gasteiger charge is 2.35. The first kappa shape index (κ1) is 18.7. The number of urea groups is 1. The van der Waals surface area contributed by atoms with Crippen molar-refractivity contribution in [3.05, 3.63) is 63.8 Å². The number of imide groups is 1. The quantitative estimate of drug-likeness (QED) is 0.513. The molecule has 0 aliphatic carbocycles. The van der Waals surface area contributed by atoms with Gasteiger partial charge in [-0.15, -0.1) is 0 Å². The fraction of sp³-hybridized carbons (Fsp3) is 0.105. The van der Waals surface area contributed by atoms with Gasteiger partial charge in [0.25, 0.3) is 5.91 Å². The number of nitrogens with one attached hydrogen (secondary N) is 2. The summed E-state index contributed by atoms with van der Waals surface area (Å²) in [5.74, 6) is -1.17. The molecule has 8 heteroatoms. The van der Waals surface area contributed by atoms with Crippen LogP contribution in [0.25, 0.3) is 6.08 Å². The van der Waals surface area contributed by atoms with Crippen molar-refractivity contribution in [1.82, 2.24) is 10.2 Å². The van der Waals surface area contributed by atoms with Crippen LogP contribution in [0.5, 0.6) is 5.75 Å². The normalized spacial score (nSPS) is 15.2. The van der Waals surface area contributed by atoms with Crippen LogP contribution in [0.2, 0.25) is 0 Å². The molecule has 0 spiro atoms. The summed E-state index contributed by atoms with van der Waals surface area (Å²) in [7, 11) is 0. The van der Waals surface area contributed by atoms with Gasteiger partial charge in [-0.2, -0.15) is 0 Å². The molecule has 1 saturated heterocycles. The summed E-state index contributed by atoms with van der Waals surface area (Å²) in [4.78, 5) is 37.5. The van der Waals surface area contributed by atoms with Crippen molar-refractivity contribution in [3.63, 3.8) is 0 Å². The maximum absolute atomic E-state index is 12.5. The lowest BCUT2D eigenvalue weighted by molar-refractivity contribution is -0.127. The number of benzene rings is 2. The van der Waals surface area contributed by atoms with E-state index in [9.17, 15) is 19.5 Å². The molecule has 27 heavy (non-hydrogen) atoms. The number of carbonyl (C=O) groups is 3. The van der Waals surface area contributed by atoms with Crippen LogP contribution in [0.15, 0.2) is 52.6 Å². The number of aryl methyl sites for hydroxylation is 1. The first-order valence-corrected chi connectivity index (χ1v) is 8.82. The van der Waals surface area contributed by atoms with Crippen molar-refractivity contribution in [2.75, 3.05) is 11.9 Å². The third kappa shape index (κ3) is 4.35. The molecule has 138 valence electrons. The summed E-state index contributed by atoms with van der Waals surface area (Å²) in [5.41, 5.74) is 1.90. The smallest absolute Gasteiger partial charge is 0.329 e. The Labute approximate surface area is 163 Å². The van der Waals surface area contributed by atoms with E-state index in [1.54, 1.807) is 30.3 Å². The van der Waals surface area contributed by atoms with Crippen LogP contribution in [0.1, 0.15) is 11.1 Å². The average molecular weight is 430 g/mol. The molecule has 0 atom stereocenters. The highest BCUT2D eigenvalue weighted by atomic mass is 79.9. The molecular formula is C19H16BrN3O4. The van der Waals surface area contributed by atoms with Crippen LogP contribution in [0, 0.1) is 6.92 Å². The number of amides is 4. The minimum atomic E-state index is -0.694. The molecule has 3 N–H and O–H groups in total. The Kier molecular flexibility index (Phi) is 5.27. The molecule has 3 rings (SSSR count). The number of hydrogen-bond donors (Lipinski definition) is 3. The molecule has 1 aliphatic heterocycles. The molecule has 2 aromatic rings. The number of nitrogens with zero attached hydrogens (tertiary/aromatic N) is 1. The maximum atomic E-state index is 12.5. The fourth-order valence-electron chi connectivity index (χ4n) is 2.58. The van der Waals surface area contributed by atoms with Gasteiger partial charge < -0.3 is 15.7 Å². The predicted molar refractivity (Wildman–Crippen MR) is 104 cm³/mol. The van der Waals surface area contributed by atoms with Crippen molar-refractivity contribution in [2.45, 2.75) is 6.92 Å². The van der Waals surface area contributed by atoms with Crippen LogP contribution >= 0.6 is 15.9 Å². The number of anilines is 1. The van der Waals surface area contributed by atoms with Crippen LogP contribution in [0.3, 0.4) is 0 Å². The number of phenolic OH excluding ortho intramolecular Hbond substituents is 1. The van der Waals surface area contributed by atoms with Gasteiger partial charge in [0.15, 0.2) is 0 Å². The SMILES string of the molecule is Cc1cccc(NC(=O)CN2C(=O)N/C(=C/c3cc(Br)ccc3O)C2=O)c1. The minimum absolute atomic E-state index is 0.0169. The number of carbonyl (C=O) groups excluding carboxylic acids is 3. The first-order chi connectivity index (χ1) is 12.8. The summed E-state index contributed by atoms with van der Waals surface area (Å²) in [6.07, 6.45) is 1.36. The second kappa shape index (κ2) is 7.63. The predicted octanol–water partition coefficient (Wildman–Crippen LogP) is 2.99. The number of aromatic hydroxyl groups is 1. The van der Waals surface area contributed by atoms with Gasteiger partial charge >= 0.3 is 6.03 Å². The zero-order chi connectivity index (χ0) is 19.6. The van der Waals surface area contributed by atoms with Crippen LogP contribution < -0.4 is 10.6 Å². The van der Waals surface area contributed by atoms with Gasteiger partial charge in [0.05, 0.1) is 0 Å². The second-order valence-electron chi connectivity index (χ2n) is 6.00. The Morgan fingerprint density at radius 2 is 2.04 bits per heavy atom. The first-order valence-electron chi connectivity index (χ1n) is 8.03. The lowest BCUT2D eigenvalue weighted by Gasteiger charge is -2.12. The van der Waals surface area contributed by atoms with E-state index >= 15 is 0 Å². The zero-order valence-corrected chi connectivity index (χ0v) is 15.9. The molecule has 2 aromatic carbocycles. The van der Waals surface area contributed by atoms with Crippen molar-refractivity contribution >= 4 is 45.5 Å². The van der Waals surface area contributed by atoms with Crippen molar-refractivity contribution in [1.29, 1.82) is 0 Å². The highest BCUT2D eigenvalue weighted by Crippen LogP contribution is 2.25. The van der Waals surface area contributed by atoms with E-state index in [1.807, 2.05) is 13.0 Å². The summed E-state index contributed by atoms with van der Waals surface area (Å²) in [5, 5.41) is 15.0. The monoisotopic (exact) mass is 429 g/mol. The van der Waals surface area contributed by atoms with Crippen molar-refractivity contribution < 1.29 is 19.5 Å². The number of rotatable bonds is 4. The van der Waals surface area contributed by atoms with Crippen molar-refractivity contribution in [2.24, 2.45) is 0 Å². The zero-order valence-electron chi connectivity index (χ0n) is 14.3. The van der Waals surface area contributed by atoms with Crippen LogP contribution in [-0.2, 0) is 9.59 Å². The molecule has 1 aliphatic rings. The van der Waals surface area contributed by atoms with E-state index in [2.05, 4.69) is 26.6 Å². The van der Waals surface area contributed by atoms with Gasteiger partial charge in [0, 0.05) is 15.7 Å². The van der Waals surface area contributed by atoms with E-state index < -0.39 is 24.4 Å². The molecule has 4 amide bonds. The fourth-order valence-corrected chi connectivity index (χ4v) is 2.96. The molecule has 1 heterocycles. The van der Waals surface area contributed by atoms with E-state index in [4.69, 9.17) is 0 Å². The van der Waals surface area contributed by atoms with Crippen LogP contribution in [0.4, 0.5) is 10.5 Å². The third-order valence-electron chi connectivity index (χ3n) is 3.86. The van der Waals surface area contributed by atoms with Gasteiger partial charge in [-0.25, -0.2) is 9.69 Å². The summed E-state index contributed by atoms with van der Waals surface area (Å²) in [6.45, 7) is 1.47. The van der Waals surface area contributed by atoms with Gasteiger partial charge in [-0.1, -0.05) is 28.1 Å². The highest BCUT2D eigenvalue weighted by molar-refractivity contribution is 9.10. The Balaban J connectivity index is 1.73. The lowest BCUT2D eigenvalue weighted by atomic mass is 10.1. The summed E-state index contributed by atoms with van der Waals surface area (Å²) in [6, 6.07) is 11.2. The Hall–Kier alpha value is -3.13. The molecular weight excluding hydrogens is 414 g/mol. The molecule has 1 fully saturated rings. The van der Waals surface area contributed by atoms with Gasteiger partial charge in [-0.05, 0) is 48.9 Å². The molecule has 0 saturated carbocycles. The van der Waals surface area contributed by atoms with Gasteiger partial charge in [0.2, 0.25) is 5.91 Å². The van der Waals surface area contributed by atoms with Crippen LogP contribution in [-0.4, -0.2) is 34.4 Å². The maximum Gasteiger partial charge on any atom is 0.329 e. The molecule has 0 aromatic heterocycles. The van der Waals surface area contributed by atoms with E-state index in [0.717, 1.165) is 10.5 Å². The summed E-state index contributed by atoms with van der Waals surface area (Å²) >= 11 is 3.28. The molecule has 7 nitrogen and oxygen atoms in total. The minimum Gasteiger partial charge on any atom is -0.507 e. The topological polar surface area (TPSA) is 98.7 Å². The number of phenols is 1. The largest absolute Gasteiger partial charge is 0.507 e. The average Bonchev–Trinajstić information content (AvgIpc) is 2.85. The van der Waals surface area contributed by atoms with Gasteiger partial charge in [0.1, 0.15) is 18.0 Å². The van der Waals surface area contributed by atoms with E-state index in [-0.39, 0.29) is 11.4 Å². The number of hydrogen-bond acceptors (Lipinski definition) is 4. The summed E-state index contributed by atoms with van der Waals surface area (Å²) < 4.78 is 0.707. The molecule has 0 radical (unpaired) electrons.